The summed E-state index contributed by atoms with van der Waals surface area (Å²) < 4.78 is 42.1. The molecule has 1 aliphatic heterocycles. The number of halogens is 3. The number of alkyl halides is 3. The summed E-state index contributed by atoms with van der Waals surface area (Å²) in [6.45, 7) is 2.18. The first-order chi connectivity index (χ1) is 16.6. The van der Waals surface area contributed by atoms with E-state index < -0.39 is 12.8 Å². The predicted octanol–water partition coefficient (Wildman–Crippen LogP) is 3.90. The molecule has 0 radical (unpaired) electrons. The van der Waals surface area contributed by atoms with Crippen molar-refractivity contribution in [3.05, 3.63) is 53.9 Å². The normalized spacial score (nSPS) is 17.8. The SMILES string of the molecule is CN=C(C)/C(=C\N)c1cc(C(=O)N[C@H]2CCCN(C)C2)cc(-c2ccc(OCC(F)(F)F)cc2)n1. The summed E-state index contributed by atoms with van der Waals surface area (Å²) in [5.74, 6) is -0.152. The Morgan fingerprint density at radius 1 is 1.31 bits per heavy atom. The summed E-state index contributed by atoms with van der Waals surface area (Å²) in [5, 5.41) is 3.10. The Hall–Kier alpha value is -3.40. The van der Waals surface area contributed by atoms with Gasteiger partial charge in [-0.3, -0.25) is 9.79 Å². The van der Waals surface area contributed by atoms with Crippen molar-refractivity contribution >= 4 is 17.2 Å². The number of pyridine rings is 1. The van der Waals surface area contributed by atoms with Crippen LogP contribution in [0.25, 0.3) is 16.8 Å². The summed E-state index contributed by atoms with van der Waals surface area (Å²) in [6.07, 6.45) is -1.13. The van der Waals surface area contributed by atoms with Gasteiger partial charge in [0.15, 0.2) is 6.61 Å². The number of ether oxygens (including phenoxy) is 1. The van der Waals surface area contributed by atoms with Crippen molar-refractivity contribution < 1.29 is 22.7 Å². The highest BCUT2D eigenvalue weighted by molar-refractivity contribution is 6.22. The number of allylic oxidation sites excluding steroid dienone is 1. The molecular weight excluding hydrogens is 459 g/mol. The standard InChI is InChI=1S/C25H30F3N5O2/c1-16(30-2)21(13-29)23-12-18(24(34)31-19-5-4-10-33(3)14-19)11-22(32-23)17-6-8-20(9-7-17)35-15-25(26,27)28/h6-9,11-13,19H,4-5,10,14-15,29H2,1-3H3,(H,31,34)/b21-13+,30-16?/t19-/m0/s1. The van der Waals surface area contributed by atoms with Gasteiger partial charge in [-0.2, -0.15) is 13.2 Å². The number of nitrogens with one attached hydrogen (secondary N) is 1. The van der Waals surface area contributed by atoms with E-state index in [0.29, 0.717) is 33.8 Å². The number of nitrogens with zero attached hydrogens (tertiary/aromatic N) is 3. The zero-order valence-corrected chi connectivity index (χ0v) is 20.0. The van der Waals surface area contributed by atoms with Crippen LogP contribution in [0, 0.1) is 0 Å². The number of amides is 1. The van der Waals surface area contributed by atoms with Crippen molar-refractivity contribution in [2.24, 2.45) is 10.7 Å². The second kappa shape index (κ2) is 11.4. The van der Waals surface area contributed by atoms with Crippen molar-refractivity contribution in [3.63, 3.8) is 0 Å². The molecule has 10 heteroatoms. The minimum atomic E-state index is -4.42. The van der Waals surface area contributed by atoms with Gasteiger partial charge in [-0.1, -0.05) is 0 Å². The predicted molar refractivity (Wildman–Crippen MR) is 130 cm³/mol. The van der Waals surface area contributed by atoms with Crippen LogP contribution in [-0.2, 0) is 0 Å². The van der Waals surface area contributed by atoms with E-state index in [2.05, 4.69) is 20.2 Å². The van der Waals surface area contributed by atoms with Crippen LogP contribution in [0.4, 0.5) is 13.2 Å². The third kappa shape index (κ3) is 7.29. The highest BCUT2D eigenvalue weighted by atomic mass is 19.4. The van der Waals surface area contributed by atoms with E-state index in [1.807, 2.05) is 7.05 Å². The van der Waals surface area contributed by atoms with Crippen molar-refractivity contribution in [2.75, 3.05) is 33.8 Å². The number of likely N-dealkylation sites (tertiary alicyclic amines) is 1. The van der Waals surface area contributed by atoms with Crippen LogP contribution in [-0.4, -0.2) is 67.5 Å². The number of carbonyl (C=O) groups is 1. The number of carbonyl (C=O) groups excluding carboxylic acids is 1. The van der Waals surface area contributed by atoms with Crippen LogP contribution in [0.5, 0.6) is 5.75 Å². The first-order valence-corrected chi connectivity index (χ1v) is 11.3. The van der Waals surface area contributed by atoms with Gasteiger partial charge < -0.3 is 20.7 Å². The summed E-state index contributed by atoms with van der Waals surface area (Å²) in [5.41, 5.74) is 9.03. The Kier molecular flexibility index (Phi) is 8.50. The van der Waals surface area contributed by atoms with Gasteiger partial charge in [0.2, 0.25) is 0 Å². The van der Waals surface area contributed by atoms with Crippen LogP contribution in [0.2, 0.25) is 0 Å². The molecule has 1 atom stereocenters. The number of benzene rings is 1. The maximum atomic E-state index is 13.2. The summed E-state index contributed by atoms with van der Waals surface area (Å²) in [6, 6.07) is 9.43. The van der Waals surface area contributed by atoms with Crippen LogP contribution in [0.1, 0.15) is 35.8 Å². The van der Waals surface area contributed by atoms with E-state index in [-0.39, 0.29) is 17.7 Å². The molecule has 3 N–H and O–H groups in total. The monoisotopic (exact) mass is 489 g/mol. The number of hydrogen-bond acceptors (Lipinski definition) is 6. The van der Waals surface area contributed by atoms with Crippen molar-refractivity contribution in [1.29, 1.82) is 0 Å². The van der Waals surface area contributed by atoms with Crippen LogP contribution in [0.3, 0.4) is 0 Å². The summed E-state index contributed by atoms with van der Waals surface area (Å²) in [4.78, 5) is 24.2. The Balaban J connectivity index is 1.94. The lowest BCUT2D eigenvalue weighted by molar-refractivity contribution is -0.153. The second-order valence-corrected chi connectivity index (χ2v) is 8.52. The zero-order chi connectivity index (χ0) is 25.6. The number of piperidine rings is 1. The lowest BCUT2D eigenvalue weighted by Crippen LogP contribution is -2.46. The van der Waals surface area contributed by atoms with E-state index in [4.69, 9.17) is 10.5 Å². The first kappa shape index (κ1) is 26.2. The average molecular weight is 490 g/mol. The minimum absolute atomic E-state index is 0.0369. The van der Waals surface area contributed by atoms with Gasteiger partial charge in [-0.15, -0.1) is 0 Å². The molecule has 1 saturated heterocycles. The van der Waals surface area contributed by atoms with Gasteiger partial charge in [0.1, 0.15) is 5.75 Å². The average Bonchev–Trinajstić information content (AvgIpc) is 2.82. The molecular formula is C25H30F3N5O2. The molecule has 0 aliphatic carbocycles. The molecule has 0 saturated carbocycles. The van der Waals surface area contributed by atoms with Gasteiger partial charge in [-0.25, -0.2) is 4.98 Å². The summed E-state index contributed by atoms with van der Waals surface area (Å²) in [7, 11) is 3.66. The number of aliphatic imine (C=N–C) groups is 1. The Morgan fingerprint density at radius 2 is 2.03 bits per heavy atom. The Morgan fingerprint density at radius 3 is 2.63 bits per heavy atom. The van der Waals surface area contributed by atoms with Crippen LogP contribution in [0.15, 0.2) is 47.6 Å². The first-order valence-electron chi connectivity index (χ1n) is 11.3. The Labute approximate surface area is 202 Å². The largest absolute Gasteiger partial charge is 0.484 e. The third-order valence-corrected chi connectivity index (χ3v) is 5.77. The fraction of sp³-hybridized carbons (Fsp3) is 0.400. The van der Waals surface area contributed by atoms with Crippen LogP contribution >= 0.6 is 0 Å². The second-order valence-electron chi connectivity index (χ2n) is 8.52. The highest BCUT2D eigenvalue weighted by Gasteiger charge is 2.28. The number of rotatable bonds is 7. The molecule has 1 fully saturated rings. The molecule has 1 amide bonds. The molecule has 0 spiro atoms. The van der Waals surface area contributed by atoms with E-state index in [1.54, 1.807) is 38.2 Å². The molecule has 2 aromatic rings. The smallest absolute Gasteiger partial charge is 0.422 e. The molecule has 1 aromatic carbocycles. The minimum Gasteiger partial charge on any atom is -0.484 e. The van der Waals surface area contributed by atoms with E-state index in [1.165, 1.54) is 18.3 Å². The number of nitrogens with two attached hydrogens (primary N) is 1. The Bertz CT molecular complexity index is 1100. The van der Waals surface area contributed by atoms with Crippen molar-refractivity contribution in [1.82, 2.24) is 15.2 Å². The molecule has 2 heterocycles. The van der Waals surface area contributed by atoms with Gasteiger partial charge in [0.05, 0.1) is 11.4 Å². The van der Waals surface area contributed by atoms with Crippen molar-refractivity contribution in [3.8, 4) is 17.0 Å². The summed E-state index contributed by atoms with van der Waals surface area (Å²) >= 11 is 0. The molecule has 1 aromatic heterocycles. The molecule has 0 unspecified atom stereocenters. The molecule has 1 aliphatic rings. The highest BCUT2D eigenvalue weighted by Crippen LogP contribution is 2.26. The van der Waals surface area contributed by atoms with E-state index >= 15 is 0 Å². The molecule has 3 rings (SSSR count). The maximum Gasteiger partial charge on any atom is 0.422 e. The van der Waals surface area contributed by atoms with E-state index in [0.717, 1.165) is 25.9 Å². The molecule has 7 nitrogen and oxygen atoms in total. The van der Waals surface area contributed by atoms with Crippen LogP contribution < -0.4 is 15.8 Å². The fourth-order valence-corrected chi connectivity index (χ4v) is 3.90. The molecule has 0 bridgehead atoms. The van der Waals surface area contributed by atoms with Gasteiger partial charge in [0.25, 0.3) is 5.91 Å². The van der Waals surface area contributed by atoms with Crippen molar-refractivity contribution in [2.45, 2.75) is 32.0 Å². The third-order valence-electron chi connectivity index (χ3n) is 5.77. The zero-order valence-electron chi connectivity index (χ0n) is 20.0. The number of likely N-dealkylation sites (N-methyl/N-ethyl adjacent to an activating group) is 1. The van der Waals surface area contributed by atoms with Gasteiger partial charge in [0, 0.05) is 48.2 Å². The topological polar surface area (TPSA) is 92.8 Å². The molecule has 35 heavy (non-hydrogen) atoms. The molecule has 188 valence electrons. The lowest BCUT2D eigenvalue weighted by atomic mass is 10.0. The lowest BCUT2D eigenvalue weighted by Gasteiger charge is -2.30. The van der Waals surface area contributed by atoms with Gasteiger partial charge in [-0.05, 0) is 69.8 Å². The maximum absolute atomic E-state index is 13.2. The number of aromatic nitrogens is 1. The van der Waals surface area contributed by atoms with E-state index in [9.17, 15) is 18.0 Å². The fourth-order valence-electron chi connectivity index (χ4n) is 3.90. The van der Waals surface area contributed by atoms with Gasteiger partial charge >= 0.3 is 6.18 Å². The number of hydrogen-bond donors (Lipinski definition) is 2. The quantitative estimate of drug-likeness (QED) is 0.576.